The lowest BCUT2D eigenvalue weighted by Crippen LogP contribution is -2.14. The molecule has 0 aliphatic heterocycles. The molecule has 0 aliphatic rings. The van der Waals surface area contributed by atoms with Crippen LogP contribution >= 0.6 is 23.7 Å². The van der Waals surface area contributed by atoms with Crippen molar-refractivity contribution in [2.24, 2.45) is 5.73 Å². The first-order valence-electron chi connectivity index (χ1n) is 6.83. The number of amides is 1. The highest BCUT2D eigenvalue weighted by Gasteiger charge is 2.13. The van der Waals surface area contributed by atoms with Crippen LogP contribution < -0.4 is 15.8 Å². The summed E-state index contributed by atoms with van der Waals surface area (Å²) in [5, 5.41) is 5.29. The minimum atomic E-state index is -0.254. The summed E-state index contributed by atoms with van der Waals surface area (Å²) in [6.07, 6.45) is 0.910. The molecule has 0 saturated carbocycles. The fraction of sp³-hybridized carbons (Fsp3) is 0.333. The van der Waals surface area contributed by atoms with E-state index in [9.17, 15) is 4.79 Å². The zero-order valence-electron chi connectivity index (χ0n) is 12.6. The molecule has 0 fully saturated rings. The van der Waals surface area contributed by atoms with E-state index in [4.69, 9.17) is 10.5 Å². The Morgan fingerprint density at radius 2 is 2.23 bits per heavy atom. The maximum atomic E-state index is 12.2. The molecule has 0 atom stereocenters. The summed E-state index contributed by atoms with van der Waals surface area (Å²) in [7, 11) is 0. The molecule has 0 unspecified atom stereocenters. The zero-order valence-corrected chi connectivity index (χ0v) is 14.2. The third kappa shape index (κ3) is 4.69. The van der Waals surface area contributed by atoms with Gasteiger partial charge in [-0.2, -0.15) is 0 Å². The lowest BCUT2D eigenvalue weighted by atomic mass is 10.2. The second kappa shape index (κ2) is 8.73. The third-order valence-electron chi connectivity index (χ3n) is 2.81. The maximum Gasteiger partial charge on any atom is 0.275 e. The Morgan fingerprint density at radius 3 is 2.86 bits per heavy atom. The standard InChI is InChI=1S/C15H19N3O2S.ClH/c1-3-6-20-13-7-10(2)4-5-11(13)18-15(19)12-9-21-14(8-16)17-12;/h4-5,7,9H,3,6,8,16H2,1-2H3,(H,18,19);1H. The van der Waals surface area contributed by atoms with Crippen LogP contribution in [0.4, 0.5) is 5.69 Å². The van der Waals surface area contributed by atoms with Gasteiger partial charge in [-0.25, -0.2) is 4.98 Å². The van der Waals surface area contributed by atoms with Gasteiger partial charge in [-0.1, -0.05) is 13.0 Å². The fourth-order valence-electron chi connectivity index (χ4n) is 1.76. The number of halogens is 1. The van der Waals surface area contributed by atoms with Crippen molar-refractivity contribution in [1.29, 1.82) is 0 Å². The van der Waals surface area contributed by atoms with Gasteiger partial charge in [0.2, 0.25) is 0 Å². The number of rotatable bonds is 6. The third-order valence-corrected chi connectivity index (χ3v) is 3.68. The Balaban J connectivity index is 0.00000242. The predicted octanol–water partition coefficient (Wildman–Crippen LogP) is 3.37. The van der Waals surface area contributed by atoms with Crippen molar-refractivity contribution in [2.75, 3.05) is 11.9 Å². The number of hydrogen-bond donors (Lipinski definition) is 2. The van der Waals surface area contributed by atoms with Gasteiger partial charge in [-0.3, -0.25) is 4.79 Å². The van der Waals surface area contributed by atoms with E-state index in [0.29, 0.717) is 30.3 Å². The van der Waals surface area contributed by atoms with Gasteiger partial charge in [0.25, 0.3) is 5.91 Å². The van der Waals surface area contributed by atoms with E-state index in [2.05, 4.69) is 10.3 Å². The molecule has 3 N–H and O–H groups in total. The Labute approximate surface area is 140 Å². The maximum absolute atomic E-state index is 12.2. The van der Waals surface area contributed by atoms with E-state index in [1.54, 1.807) is 5.38 Å². The van der Waals surface area contributed by atoms with E-state index >= 15 is 0 Å². The molecule has 0 bridgehead atoms. The minimum absolute atomic E-state index is 0. The number of nitrogens with zero attached hydrogens (tertiary/aromatic N) is 1. The summed E-state index contributed by atoms with van der Waals surface area (Å²) in [6, 6.07) is 5.69. The molecule has 2 rings (SSSR count). The van der Waals surface area contributed by atoms with E-state index < -0.39 is 0 Å². The smallest absolute Gasteiger partial charge is 0.275 e. The molecule has 0 saturated heterocycles. The number of anilines is 1. The summed E-state index contributed by atoms with van der Waals surface area (Å²) >= 11 is 1.38. The lowest BCUT2D eigenvalue weighted by molar-refractivity contribution is 0.102. The fourth-order valence-corrected chi connectivity index (χ4v) is 2.41. The topological polar surface area (TPSA) is 77.2 Å². The summed E-state index contributed by atoms with van der Waals surface area (Å²) < 4.78 is 5.68. The number of carbonyl (C=O) groups excluding carboxylic acids is 1. The summed E-state index contributed by atoms with van der Waals surface area (Å²) in [5.74, 6) is 0.427. The average molecular weight is 342 g/mol. The molecule has 2 aromatic rings. The Bertz CT molecular complexity index is 631. The van der Waals surface area contributed by atoms with Crippen LogP contribution in [0.5, 0.6) is 5.75 Å². The summed E-state index contributed by atoms with van der Waals surface area (Å²) in [5.41, 5.74) is 7.62. The van der Waals surface area contributed by atoms with Gasteiger partial charge < -0.3 is 15.8 Å². The van der Waals surface area contributed by atoms with Crippen LogP contribution in [0.25, 0.3) is 0 Å². The van der Waals surface area contributed by atoms with Crippen LogP contribution in [0, 0.1) is 6.92 Å². The van der Waals surface area contributed by atoms with Gasteiger partial charge in [0, 0.05) is 11.9 Å². The van der Waals surface area contributed by atoms with Crippen LogP contribution in [0.2, 0.25) is 0 Å². The number of benzene rings is 1. The Hall–Kier alpha value is -1.63. The number of aromatic nitrogens is 1. The molecule has 1 aromatic heterocycles. The molecular formula is C15H20ClN3O2S. The van der Waals surface area contributed by atoms with Gasteiger partial charge in [0.1, 0.15) is 16.5 Å². The largest absolute Gasteiger partial charge is 0.491 e. The summed E-state index contributed by atoms with van der Waals surface area (Å²) in [6.45, 7) is 4.98. The first-order chi connectivity index (χ1) is 10.1. The van der Waals surface area contributed by atoms with Crippen molar-refractivity contribution < 1.29 is 9.53 Å². The number of carbonyl (C=O) groups is 1. The number of ether oxygens (including phenoxy) is 1. The second-order valence-electron chi connectivity index (χ2n) is 4.63. The Morgan fingerprint density at radius 1 is 1.45 bits per heavy atom. The molecule has 0 aliphatic carbocycles. The van der Waals surface area contributed by atoms with Crippen molar-refractivity contribution in [3.05, 3.63) is 39.8 Å². The van der Waals surface area contributed by atoms with Crippen LogP contribution in [0.1, 0.15) is 34.4 Å². The van der Waals surface area contributed by atoms with Crippen molar-refractivity contribution >= 4 is 35.3 Å². The minimum Gasteiger partial charge on any atom is -0.491 e. The van der Waals surface area contributed by atoms with Gasteiger partial charge in [0.05, 0.1) is 12.3 Å². The normalized spacial score (nSPS) is 9.95. The van der Waals surface area contributed by atoms with Crippen molar-refractivity contribution in [1.82, 2.24) is 4.98 Å². The molecular weight excluding hydrogens is 322 g/mol. The molecule has 0 spiro atoms. The van der Waals surface area contributed by atoms with E-state index in [1.807, 2.05) is 32.0 Å². The zero-order chi connectivity index (χ0) is 15.2. The molecule has 1 amide bonds. The molecule has 5 nitrogen and oxygen atoms in total. The first kappa shape index (κ1) is 18.4. The van der Waals surface area contributed by atoms with Crippen LogP contribution in [0.15, 0.2) is 23.6 Å². The van der Waals surface area contributed by atoms with Gasteiger partial charge >= 0.3 is 0 Å². The van der Waals surface area contributed by atoms with E-state index in [0.717, 1.165) is 17.0 Å². The van der Waals surface area contributed by atoms with Crippen LogP contribution in [-0.4, -0.2) is 17.5 Å². The highest BCUT2D eigenvalue weighted by atomic mass is 35.5. The molecule has 22 heavy (non-hydrogen) atoms. The predicted molar refractivity (Wildman–Crippen MR) is 92.2 cm³/mol. The number of nitrogens with one attached hydrogen (secondary N) is 1. The average Bonchev–Trinajstić information content (AvgIpc) is 2.96. The van der Waals surface area contributed by atoms with Crippen LogP contribution in [0.3, 0.4) is 0 Å². The molecule has 1 aromatic carbocycles. The van der Waals surface area contributed by atoms with Gasteiger partial charge in [-0.05, 0) is 31.0 Å². The highest BCUT2D eigenvalue weighted by Crippen LogP contribution is 2.26. The van der Waals surface area contributed by atoms with E-state index in [-0.39, 0.29) is 18.3 Å². The monoisotopic (exact) mass is 341 g/mol. The SMILES string of the molecule is CCCOc1cc(C)ccc1NC(=O)c1csc(CN)n1.Cl. The molecule has 0 radical (unpaired) electrons. The van der Waals surface area contributed by atoms with Crippen LogP contribution in [-0.2, 0) is 6.54 Å². The highest BCUT2D eigenvalue weighted by molar-refractivity contribution is 7.09. The molecule has 1 heterocycles. The van der Waals surface area contributed by atoms with E-state index in [1.165, 1.54) is 11.3 Å². The molecule has 7 heteroatoms. The number of hydrogen-bond acceptors (Lipinski definition) is 5. The number of aryl methyl sites for hydroxylation is 1. The molecule has 120 valence electrons. The first-order valence-corrected chi connectivity index (χ1v) is 7.71. The van der Waals surface area contributed by atoms with Gasteiger partial charge in [-0.15, -0.1) is 23.7 Å². The van der Waals surface area contributed by atoms with Crippen molar-refractivity contribution in [3.8, 4) is 5.75 Å². The van der Waals surface area contributed by atoms with Crippen molar-refractivity contribution in [3.63, 3.8) is 0 Å². The lowest BCUT2D eigenvalue weighted by Gasteiger charge is -2.12. The summed E-state index contributed by atoms with van der Waals surface area (Å²) in [4.78, 5) is 16.4. The van der Waals surface area contributed by atoms with Crippen molar-refractivity contribution in [2.45, 2.75) is 26.8 Å². The second-order valence-corrected chi connectivity index (χ2v) is 5.58. The number of nitrogens with two attached hydrogens (primary N) is 1. The Kier molecular flexibility index (Phi) is 7.31. The number of thiazole rings is 1. The quantitative estimate of drug-likeness (QED) is 0.844. The van der Waals surface area contributed by atoms with Gasteiger partial charge in [0.15, 0.2) is 0 Å².